The zero-order valence-electron chi connectivity index (χ0n) is 15.8. The summed E-state index contributed by atoms with van der Waals surface area (Å²) < 4.78 is 27.5. The maximum absolute atomic E-state index is 13.0. The molecule has 0 radical (unpaired) electrons. The number of piperidine rings is 1. The number of nitrogens with zero attached hydrogens (tertiary/aromatic N) is 1. The number of amides is 1. The van der Waals surface area contributed by atoms with Crippen LogP contribution in [0.3, 0.4) is 0 Å². The van der Waals surface area contributed by atoms with Crippen molar-refractivity contribution in [3.05, 3.63) is 59.7 Å². The van der Waals surface area contributed by atoms with Gasteiger partial charge in [0, 0.05) is 23.8 Å². The molecule has 0 spiro atoms. The van der Waals surface area contributed by atoms with E-state index in [0.29, 0.717) is 17.8 Å². The van der Waals surface area contributed by atoms with Gasteiger partial charge in [-0.15, -0.1) is 0 Å². The fourth-order valence-corrected chi connectivity index (χ4v) is 5.13. The van der Waals surface area contributed by atoms with Gasteiger partial charge >= 0.3 is 0 Å². The Kier molecular flexibility index (Phi) is 5.97. The normalized spacial score (nSPS) is 18.2. The number of rotatable bonds is 5. The summed E-state index contributed by atoms with van der Waals surface area (Å²) in [6.07, 6.45) is 3.72. The van der Waals surface area contributed by atoms with E-state index in [9.17, 15) is 13.2 Å². The molecule has 5 nitrogen and oxygen atoms in total. The zero-order chi connectivity index (χ0) is 19.4. The number of anilines is 1. The molecular weight excluding hydrogens is 360 g/mol. The molecule has 0 aromatic heterocycles. The Morgan fingerprint density at radius 3 is 2.56 bits per heavy atom. The highest BCUT2D eigenvalue weighted by Crippen LogP contribution is 2.25. The van der Waals surface area contributed by atoms with E-state index in [1.54, 1.807) is 22.5 Å². The summed E-state index contributed by atoms with van der Waals surface area (Å²) in [7, 11) is -3.60. The number of hydrogen-bond donors (Lipinski definition) is 1. The quantitative estimate of drug-likeness (QED) is 0.842. The van der Waals surface area contributed by atoms with Crippen molar-refractivity contribution in [1.29, 1.82) is 0 Å². The molecule has 6 heteroatoms. The van der Waals surface area contributed by atoms with E-state index < -0.39 is 10.0 Å². The van der Waals surface area contributed by atoms with Gasteiger partial charge in [0.2, 0.25) is 10.0 Å². The van der Waals surface area contributed by atoms with Gasteiger partial charge in [0.1, 0.15) is 0 Å². The highest BCUT2D eigenvalue weighted by molar-refractivity contribution is 7.89. The molecule has 1 aliphatic rings. The summed E-state index contributed by atoms with van der Waals surface area (Å²) in [6, 6.07) is 13.9. The van der Waals surface area contributed by atoms with E-state index in [0.717, 1.165) is 25.7 Å². The number of nitrogens with one attached hydrogen (secondary N) is 1. The number of carbonyl (C=O) groups excluding carboxylic acids is 1. The van der Waals surface area contributed by atoms with Crippen LogP contribution in [-0.4, -0.2) is 31.2 Å². The van der Waals surface area contributed by atoms with E-state index in [4.69, 9.17) is 0 Å². The maximum Gasteiger partial charge on any atom is 0.255 e. The average Bonchev–Trinajstić information content (AvgIpc) is 2.69. The van der Waals surface area contributed by atoms with Gasteiger partial charge in [-0.25, -0.2) is 8.42 Å². The second-order valence-electron chi connectivity index (χ2n) is 6.99. The van der Waals surface area contributed by atoms with Gasteiger partial charge in [-0.3, -0.25) is 4.79 Å². The van der Waals surface area contributed by atoms with Crippen LogP contribution < -0.4 is 5.32 Å². The SMILES string of the molecule is CCc1ccc(NC(=O)c2cccc(S(=O)(=O)N3CCCC[C@@H]3C)c2)cc1. The molecule has 1 saturated heterocycles. The lowest BCUT2D eigenvalue weighted by Gasteiger charge is -2.32. The van der Waals surface area contributed by atoms with Crippen LogP contribution in [0.5, 0.6) is 0 Å². The first-order valence-electron chi connectivity index (χ1n) is 9.44. The van der Waals surface area contributed by atoms with Crippen molar-refractivity contribution >= 4 is 21.6 Å². The molecule has 144 valence electrons. The Morgan fingerprint density at radius 2 is 1.89 bits per heavy atom. The molecule has 2 aromatic carbocycles. The summed E-state index contributed by atoms with van der Waals surface area (Å²) >= 11 is 0. The van der Waals surface area contributed by atoms with Gasteiger partial charge in [-0.1, -0.05) is 31.5 Å². The van der Waals surface area contributed by atoms with Crippen LogP contribution in [0.25, 0.3) is 0 Å². The minimum atomic E-state index is -3.60. The zero-order valence-corrected chi connectivity index (χ0v) is 16.6. The Hall–Kier alpha value is -2.18. The minimum Gasteiger partial charge on any atom is -0.322 e. The summed E-state index contributed by atoms with van der Waals surface area (Å²) in [5, 5.41) is 2.83. The Bertz CT molecular complexity index is 907. The molecule has 27 heavy (non-hydrogen) atoms. The third-order valence-corrected chi connectivity index (χ3v) is 7.07. The second kappa shape index (κ2) is 8.23. The van der Waals surface area contributed by atoms with E-state index in [1.165, 1.54) is 11.6 Å². The van der Waals surface area contributed by atoms with Crippen LogP contribution in [-0.2, 0) is 16.4 Å². The molecule has 0 saturated carbocycles. The van der Waals surface area contributed by atoms with E-state index in [-0.39, 0.29) is 16.8 Å². The Morgan fingerprint density at radius 1 is 1.15 bits per heavy atom. The Balaban J connectivity index is 1.80. The van der Waals surface area contributed by atoms with Crippen molar-refractivity contribution in [2.24, 2.45) is 0 Å². The number of sulfonamides is 1. The minimum absolute atomic E-state index is 0.0155. The smallest absolute Gasteiger partial charge is 0.255 e. The monoisotopic (exact) mass is 386 g/mol. The average molecular weight is 387 g/mol. The molecule has 0 bridgehead atoms. The first-order chi connectivity index (χ1) is 12.9. The third-order valence-electron chi connectivity index (χ3n) is 5.06. The van der Waals surface area contributed by atoms with Crippen LogP contribution in [0.15, 0.2) is 53.4 Å². The van der Waals surface area contributed by atoms with Crippen LogP contribution in [0.4, 0.5) is 5.69 Å². The second-order valence-corrected chi connectivity index (χ2v) is 8.88. The van der Waals surface area contributed by atoms with Crippen molar-refractivity contribution in [3.8, 4) is 0 Å². The van der Waals surface area contributed by atoms with Gasteiger partial charge in [-0.2, -0.15) is 4.31 Å². The van der Waals surface area contributed by atoms with Gasteiger partial charge in [0.25, 0.3) is 5.91 Å². The summed E-state index contributed by atoms with van der Waals surface area (Å²) in [5.41, 5.74) is 2.21. The summed E-state index contributed by atoms with van der Waals surface area (Å²) in [4.78, 5) is 12.7. The summed E-state index contributed by atoms with van der Waals surface area (Å²) in [5.74, 6) is -0.317. The third kappa shape index (κ3) is 4.39. The van der Waals surface area contributed by atoms with E-state index in [2.05, 4.69) is 12.2 Å². The number of carbonyl (C=O) groups is 1. The predicted octanol–water partition coefficient (Wildman–Crippen LogP) is 4.06. The lowest BCUT2D eigenvalue weighted by Crippen LogP contribution is -2.41. The first kappa shape index (κ1) is 19.6. The highest BCUT2D eigenvalue weighted by atomic mass is 32.2. The van der Waals surface area contributed by atoms with Crippen molar-refractivity contribution < 1.29 is 13.2 Å². The van der Waals surface area contributed by atoms with Crippen molar-refractivity contribution in [2.75, 3.05) is 11.9 Å². The van der Waals surface area contributed by atoms with Crippen molar-refractivity contribution in [3.63, 3.8) is 0 Å². The molecule has 1 heterocycles. The van der Waals surface area contributed by atoms with Gasteiger partial charge in [0.15, 0.2) is 0 Å². The first-order valence-corrected chi connectivity index (χ1v) is 10.9. The van der Waals surface area contributed by atoms with Crippen molar-refractivity contribution in [2.45, 2.75) is 50.5 Å². The van der Waals surface area contributed by atoms with E-state index in [1.807, 2.05) is 31.2 Å². The predicted molar refractivity (Wildman–Crippen MR) is 107 cm³/mol. The van der Waals surface area contributed by atoms with Gasteiger partial charge in [0.05, 0.1) is 4.90 Å². The fraction of sp³-hybridized carbons (Fsp3) is 0.381. The molecule has 1 fully saturated rings. The molecular formula is C21H26N2O3S. The highest BCUT2D eigenvalue weighted by Gasteiger charge is 2.31. The molecule has 0 unspecified atom stereocenters. The largest absolute Gasteiger partial charge is 0.322 e. The molecule has 1 atom stereocenters. The Labute approximate surface area is 161 Å². The topological polar surface area (TPSA) is 66.5 Å². The lowest BCUT2D eigenvalue weighted by molar-refractivity contribution is 0.102. The van der Waals surface area contributed by atoms with Gasteiger partial charge in [-0.05, 0) is 62.1 Å². The number of aryl methyl sites for hydroxylation is 1. The molecule has 1 aliphatic heterocycles. The molecule has 3 rings (SSSR count). The number of benzene rings is 2. The van der Waals surface area contributed by atoms with Crippen LogP contribution in [0.2, 0.25) is 0 Å². The van der Waals surface area contributed by atoms with Crippen LogP contribution in [0, 0.1) is 0 Å². The fourth-order valence-electron chi connectivity index (χ4n) is 3.39. The van der Waals surface area contributed by atoms with Crippen LogP contribution in [0.1, 0.15) is 49.0 Å². The van der Waals surface area contributed by atoms with E-state index >= 15 is 0 Å². The maximum atomic E-state index is 13.0. The number of hydrogen-bond acceptors (Lipinski definition) is 3. The standard InChI is InChI=1S/C21H26N2O3S/c1-3-17-10-12-19(13-11-17)22-21(24)18-8-6-9-20(15-18)27(25,26)23-14-5-4-7-16(23)2/h6,8-13,15-16H,3-5,7,14H2,1-2H3,(H,22,24)/t16-/m0/s1. The van der Waals surface area contributed by atoms with Crippen LogP contribution >= 0.6 is 0 Å². The van der Waals surface area contributed by atoms with Gasteiger partial charge < -0.3 is 5.32 Å². The molecule has 0 aliphatic carbocycles. The molecule has 2 aromatic rings. The molecule has 1 N–H and O–H groups in total. The van der Waals surface area contributed by atoms with Crippen molar-refractivity contribution in [1.82, 2.24) is 4.31 Å². The summed E-state index contributed by atoms with van der Waals surface area (Å²) in [6.45, 7) is 4.54. The molecule has 1 amide bonds. The lowest BCUT2D eigenvalue weighted by atomic mass is 10.1.